The van der Waals surface area contributed by atoms with Crippen LogP contribution in [0, 0.1) is 0 Å². The highest BCUT2D eigenvalue weighted by Gasteiger charge is 2.46. The molecule has 0 spiro atoms. The second-order valence-electron chi connectivity index (χ2n) is 2.56. The van der Waals surface area contributed by atoms with Crippen molar-refractivity contribution >= 4 is 0 Å². The van der Waals surface area contributed by atoms with E-state index in [2.05, 4.69) is 0 Å². The fraction of sp³-hybridized carbons (Fsp3) is 1.00. The molecule has 8 heavy (non-hydrogen) atoms. The second kappa shape index (κ2) is 1.71. The molecule has 0 unspecified atom stereocenters. The number of hydrogen-bond donors (Lipinski definition) is 1. The van der Waals surface area contributed by atoms with Gasteiger partial charge < -0.3 is 10.5 Å². The number of methoxy groups -OCH3 is 1. The Morgan fingerprint density at radius 3 is 2.12 bits per heavy atom. The molecule has 0 aliphatic heterocycles. The summed E-state index contributed by atoms with van der Waals surface area (Å²) in [6, 6.07) is 0.201. The van der Waals surface area contributed by atoms with Crippen molar-refractivity contribution < 1.29 is 4.74 Å². The summed E-state index contributed by atoms with van der Waals surface area (Å²) in [6.07, 6.45) is 2.28. The van der Waals surface area contributed by atoms with Crippen LogP contribution in [0.15, 0.2) is 0 Å². The van der Waals surface area contributed by atoms with Crippen LogP contribution in [0.3, 0.4) is 0 Å². The van der Waals surface area contributed by atoms with Gasteiger partial charge in [0.05, 0.1) is 5.60 Å². The average Bonchev–Trinajstić information content (AvgIpc) is 2.44. The molecule has 2 nitrogen and oxygen atoms in total. The number of nitrogens with two attached hydrogens (primary N) is 1. The molecule has 1 fully saturated rings. The van der Waals surface area contributed by atoms with Crippen molar-refractivity contribution in [1.82, 2.24) is 0 Å². The van der Waals surface area contributed by atoms with Gasteiger partial charge in [0.2, 0.25) is 0 Å². The van der Waals surface area contributed by atoms with E-state index in [1.54, 1.807) is 7.11 Å². The van der Waals surface area contributed by atoms with Gasteiger partial charge in [0, 0.05) is 13.2 Å². The Hall–Kier alpha value is -0.0800. The predicted molar refractivity (Wildman–Crippen MR) is 32.6 cm³/mol. The smallest absolute Gasteiger partial charge is 0.0828 e. The van der Waals surface area contributed by atoms with Crippen molar-refractivity contribution in [2.45, 2.75) is 31.4 Å². The summed E-state index contributed by atoms with van der Waals surface area (Å²) in [4.78, 5) is 0. The van der Waals surface area contributed by atoms with E-state index >= 15 is 0 Å². The van der Waals surface area contributed by atoms with Gasteiger partial charge in [-0.05, 0) is 19.8 Å². The van der Waals surface area contributed by atoms with E-state index in [0.717, 1.165) is 12.8 Å². The molecule has 0 aromatic rings. The molecule has 2 N–H and O–H groups in total. The van der Waals surface area contributed by atoms with Crippen molar-refractivity contribution in [1.29, 1.82) is 0 Å². The minimum atomic E-state index is 0.0694. The summed E-state index contributed by atoms with van der Waals surface area (Å²) in [6.45, 7) is 2.00. The van der Waals surface area contributed by atoms with Crippen LogP contribution in [0.2, 0.25) is 0 Å². The normalized spacial score (nSPS) is 27.4. The van der Waals surface area contributed by atoms with Gasteiger partial charge in [0.1, 0.15) is 0 Å². The summed E-state index contributed by atoms with van der Waals surface area (Å²) in [5, 5.41) is 0. The Kier molecular flexibility index (Phi) is 1.29. The standard InChI is InChI=1S/C6H13NO/c1-5(7)6(8-2)3-4-6/h5H,3-4,7H2,1-2H3/t5-/m0/s1. The van der Waals surface area contributed by atoms with Gasteiger partial charge >= 0.3 is 0 Å². The first-order valence-corrected chi connectivity index (χ1v) is 3.02. The van der Waals surface area contributed by atoms with Gasteiger partial charge in [-0.15, -0.1) is 0 Å². The number of hydrogen-bond acceptors (Lipinski definition) is 2. The highest BCUT2D eigenvalue weighted by atomic mass is 16.5. The monoisotopic (exact) mass is 115 g/mol. The molecule has 0 heterocycles. The van der Waals surface area contributed by atoms with Crippen LogP contribution in [0.25, 0.3) is 0 Å². The lowest BCUT2D eigenvalue weighted by atomic mass is 10.2. The van der Waals surface area contributed by atoms with E-state index in [9.17, 15) is 0 Å². The van der Waals surface area contributed by atoms with E-state index < -0.39 is 0 Å². The molecular formula is C6H13NO. The van der Waals surface area contributed by atoms with Gasteiger partial charge in [0.25, 0.3) is 0 Å². The molecule has 0 amide bonds. The van der Waals surface area contributed by atoms with Gasteiger partial charge in [-0.25, -0.2) is 0 Å². The molecule has 1 aliphatic carbocycles. The van der Waals surface area contributed by atoms with Crippen molar-refractivity contribution in [3.05, 3.63) is 0 Å². The van der Waals surface area contributed by atoms with E-state index in [1.165, 1.54) is 0 Å². The maximum Gasteiger partial charge on any atom is 0.0828 e. The van der Waals surface area contributed by atoms with E-state index in [4.69, 9.17) is 10.5 Å². The van der Waals surface area contributed by atoms with Crippen molar-refractivity contribution in [3.63, 3.8) is 0 Å². The third kappa shape index (κ3) is 0.740. The lowest BCUT2D eigenvalue weighted by molar-refractivity contribution is 0.0625. The summed E-state index contributed by atoms with van der Waals surface area (Å²) in [7, 11) is 1.73. The SMILES string of the molecule is COC1([C@H](C)N)CC1. The molecule has 1 atom stereocenters. The first-order valence-electron chi connectivity index (χ1n) is 3.02. The van der Waals surface area contributed by atoms with E-state index in [0.29, 0.717) is 0 Å². The summed E-state index contributed by atoms with van der Waals surface area (Å²) < 4.78 is 5.19. The maximum absolute atomic E-state index is 5.62. The topological polar surface area (TPSA) is 35.2 Å². The molecule has 0 bridgehead atoms. The molecule has 0 aromatic heterocycles. The van der Waals surface area contributed by atoms with Gasteiger partial charge in [-0.2, -0.15) is 0 Å². The van der Waals surface area contributed by atoms with Crippen LogP contribution in [0.1, 0.15) is 19.8 Å². The summed E-state index contributed by atoms with van der Waals surface area (Å²) in [5.41, 5.74) is 5.69. The average molecular weight is 115 g/mol. The van der Waals surface area contributed by atoms with E-state index in [1.807, 2.05) is 6.92 Å². The lowest BCUT2D eigenvalue weighted by Crippen LogP contribution is -2.34. The Balaban J connectivity index is 2.41. The molecule has 48 valence electrons. The van der Waals surface area contributed by atoms with Crippen LogP contribution < -0.4 is 5.73 Å². The third-order valence-corrected chi connectivity index (χ3v) is 1.98. The quantitative estimate of drug-likeness (QED) is 0.569. The largest absolute Gasteiger partial charge is 0.377 e. The van der Waals surface area contributed by atoms with Crippen LogP contribution in [0.5, 0.6) is 0 Å². The van der Waals surface area contributed by atoms with Crippen molar-refractivity contribution in [2.24, 2.45) is 5.73 Å². The minimum absolute atomic E-state index is 0.0694. The highest BCUT2D eigenvalue weighted by molar-refractivity contribution is 5.01. The fourth-order valence-corrected chi connectivity index (χ4v) is 0.969. The van der Waals surface area contributed by atoms with Crippen LogP contribution in [0.4, 0.5) is 0 Å². The molecule has 0 saturated heterocycles. The first-order chi connectivity index (χ1) is 3.71. The van der Waals surface area contributed by atoms with Gasteiger partial charge in [-0.1, -0.05) is 0 Å². The minimum Gasteiger partial charge on any atom is -0.377 e. The van der Waals surface area contributed by atoms with Crippen molar-refractivity contribution in [2.75, 3.05) is 7.11 Å². The summed E-state index contributed by atoms with van der Waals surface area (Å²) >= 11 is 0. The molecule has 1 rings (SSSR count). The molecule has 1 aliphatic rings. The number of ether oxygens (including phenoxy) is 1. The summed E-state index contributed by atoms with van der Waals surface area (Å²) in [5.74, 6) is 0. The zero-order valence-corrected chi connectivity index (χ0v) is 5.48. The molecule has 0 aromatic carbocycles. The Morgan fingerprint density at radius 1 is 1.62 bits per heavy atom. The third-order valence-electron chi connectivity index (χ3n) is 1.98. The Bertz CT molecular complexity index is 86.5. The molecule has 0 radical (unpaired) electrons. The highest BCUT2D eigenvalue weighted by Crippen LogP contribution is 2.40. The Labute approximate surface area is 50.0 Å². The fourth-order valence-electron chi connectivity index (χ4n) is 0.969. The first kappa shape index (κ1) is 6.05. The van der Waals surface area contributed by atoms with Crippen LogP contribution in [-0.2, 0) is 4.74 Å². The maximum atomic E-state index is 5.62. The Morgan fingerprint density at radius 2 is 2.12 bits per heavy atom. The molecule has 2 heteroatoms. The van der Waals surface area contributed by atoms with Gasteiger partial charge in [-0.3, -0.25) is 0 Å². The van der Waals surface area contributed by atoms with E-state index in [-0.39, 0.29) is 11.6 Å². The molecular weight excluding hydrogens is 102 g/mol. The van der Waals surface area contributed by atoms with Crippen LogP contribution >= 0.6 is 0 Å². The van der Waals surface area contributed by atoms with Gasteiger partial charge in [0.15, 0.2) is 0 Å². The molecule has 1 saturated carbocycles. The lowest BCUT2D eigenvalue weighted by Gasteiger charge is -2.16. The zero-order chi connectivity index (χ0) is 6.20. The van der Waals surface area contributed by atoms with Crippen LogP contribution in [-0.4, -0.2) is 18.8 Å². The number of rotatable bonds is 2. The zero-order valence-electron chi connectivity index (χ0n) is 5.48. The van der Waals surface area contributed by atoms with Crippen molar-refractivity contribution in [3.8, 4) is 0 Å². The predicted octanol–water partition coefficient (Wildman–Crippen LogP) is 0.513. The second-order valence-corrected chi connectivity index (χ2v) is 2.56.